The monoisotopic (exact) mass is 294 g/mol. The lowest BCUT2D eigenvalue weighted by atomic mass is 10.1. The number of carbonyl (C=O) groups excluding carboxylic acids is 1. The number of ketones is 1. The fourth-order valence-corrected chi connectivity index (χ4v) is 1.79. The number of Topliss-reactive ketones (excluding diaryl/α,β-unsaturated/α-hetero) is 1. The quantitative estimate of drug-likeness (QED) is 0.598. The Hall–Kier alpha value is -0.0500. The summed E-state index contributed by atoms with van der Waals surface area (Å²) in [6.45, 7) is 1.93. The lowest BCUT2D eigenvalue weighted by Gasteiger charge is -2.07. The Balaban J connectivity index is 3.02. The van der Waals surface area contributed by atoms with Crippen molar-refractivity contribution in [2.75, 3.05) is 0 Å². The molecule has 76 valence electrons. The van der Waals surface area contributed by atoms with E-state index in [0.717, 1.165) is 6.42 Å². The minimum absolute atomic E-state index is 0.00540. The van der Waals surface area contributed by atoms with Crippen molar-refractivity contribution in [3.8, 4) is 0 Å². The smallest absolute Gasteiger partial charge is 0.177 e. The molecule has 0 bridgehead atoms. The summed E-state index contributed by atoms with van der Waals surface area (Å²) in [6, 6.07) is 4.89. The maximum atomic E-state index is 11.7. The van der Waals surface area contributed by atoms with Crippen molar-refractivity contribution in [2.45, 2.75) is 18.2 Å². The topological polar surface area (TPSA) is 17.1 Å². The number of halogens is 3. The van der Waals surface area contributed by atoms with Gasteiger partial charge < -0.3 is 0 Å². The highest BCUT2D eigenvalue weighted by Crippen LogP contribution is 2.24. The van der Waals surface area contributed by atoms with Gasteiger partial charge in [0.15, 0.2) is 5.78 Å². The Labute approximate surface area is 102 Å². The Morgan fingerprint density at radius 2 is 2.14 bits per heavy atom. The molecule has 0 spiro atoms. The molecule has 1 atom stereocenters. The molecule has 1 aromatic carbocycles. The molecular formula is C10H9BrCl2O. The maximum Gasteiger partial charge on any atom is 0.177 e. The van der Waals surface area contributed by atoms with Gasteiger partial charge in [-0.1, -0.05) is 46.1 Å². The summed E-state index contributed by atoms with van der Waals surface area (Å²) in [5.41, 5.74) is 0.514. The fourth-order valence-electron chi connectivity index (χ4n) is 1.04. The zero-order chi connectivity index (χ0) is 10.7. The van der Waals surface area contributed by atoms with Crippen LogP contribution in [0.15, 0.2) is 18.2 Å². The molecule has 1 nitrogen and oxygen atoms in total. The van der Waals surface area contributed by atoms with Crippen LogP contribution in [0.5, 0.6) is 0 Å². The van der Waals surface area contributed by atoms with Gasteiger partial charge >= 0.3 is 0 Å². The van der Waals surface area contributed by atoms with Gasteiger partial charge in [0, 0.05) is 10.6 Å². The average molecular weight is 296 g/mol. The van der Waals surface area contributed by atoms with Crippen molar-refractivity contribution in [1.29, 1.82) is 0 Å². The van der Waals surface area contributed by atoms with E-state index in [9.17, 15) is 4.79 Å². The molecule has 1 aromatic rings. The van der Waals surface area contributed by atoms with Gasteiger partial charge in [0.2, 0.25) is 0 Å². The molecule has 1 rings (SSSR count). The van der Waals surface area contributed by atoms with Crippen LogP contribution < -0.4 is 0 Å². The summed E-state index contributed by atoms with van der Waals surface area (Å²) < 4.78 is 0. The number of hydrogen-bond acceptors (Lipinski definition) is 1. The molecule has 0 saturated heterocycles. The molecule has 0 fully saturated rings. The standard InChI is InChI=1S/C10H9BrCl2O/c1-2-8(11)10(14)7-4-3-6(12)5-9(7)13/h3-5,8H,2H2,1H3/t8-/m1/s1. The summed E-state index contributed by atoms with van der Waals surface area (Å²) in [4.78, 5) is 11.6. The third-order valence-electron chi connectivity index (χ3n) is 1.84. The second kappa shape index (κ2) is 5.15. The van der Waals surface area contributed by atoms with E-state index in [4.69, 9.17) is 23.2 Å². The number of rotatable bonds is 3. The molecule has 0 radical (unpaired) electrons. The van der Waals surface area contributed by atoms with Crippen LogP contribution in [-0.4, -0.2) is 10.6 Å². The van der Waals surface area contributed by atoms with Crippen LogP contribution in [0.25, 0.3) is 0 Å². The third-order valence-corrected chi connectivity index (χ3v) is 3.45. The van der Waals surface area contributed by atoms with Crippen molar-refractivity contribution in [3.05, 3.63) is 33.8 Å². The minimum atomic E-state index is -0.179. The fraction of sp³-hybridized carbons (Fsp3) is 0.300. The first-order valence-electron chi connectivity index (χ1n) is 4.19. The van der Waals surface area contributed by atoms with Crippen molar-refractivity contribution in [3.63, 3.8) is 0 Å². The van der Waals surface area contributed by atoms with Gasteiger partial charge in [0.25, 0.3) is 0 Å². The van der Waals surface area contributed by atoms with E-state index in [1.807, 2.05) is 6.92 Å². The summed E-state index contributed by atoms with van der Waals surface area (Å²) in [5, 5.41) is 0.939. The second-order valence-corrected chi connectivity index (χ2v) is 4.81. The van der Waals surface area contributed by atoms with E-state index in [2.05, 4.69) is 15.9 Å². The molecule has 4 heteroatoms. The maximum absolute atomic E-state index is 11.7. The SMILES string of the molecule is CC[C@@H](Br)C(=O)c1ccc(Cl)cc1Cl. The molecule has 0 aromatic heterocycles. The van der Waals surface area contributed by atoms with Gasteiger partial charge in [-0.15, -0.1) is 0 Å². The van der Waals surface area contributed by atoms with Gasteiger partial charge in [0.05, 0.1) is 9.85 Å². The van der Waals surface area contributed by atoms with E-state index in [-0.39, 0.29) is 10.6 Å². The zero-order valence-corrected chi connectivity index (χ0v) is 10.7. The molecule has 0 heterocycles. The van der Waals surface area contributed by atoms with Crippen molar-refractivity contribution in [2.24, 2.45) is 0 Å². The number of alkyl halides is 1. The molecule has 0 aliphatic rings. The zero-order valence-electron chi connectivity index (χ0n) is 7.56. The van der Waals surface area contributed by atoms with Crippen LogP contribution in [0.4, 0.5) is 0 Å². The summed E-state index contributed by atoms with van der Waals surface area (Å²) in [7, 11) is 0. The van der Waals surface area contributed by atoms with E-state index in [1.165, 1.54) is 0 Å². The van der Waals surface area contributed by atoms with Crippen molar-refractivity contribution in [1.82, 2.24) is 0 Å². The molecule has 0 N–H and O–H groups in total. The first-order valence-corrected chi connectivity index (χ1v) is 5.86. The Bertz CT molecular complexity index is 352. The predicted octanol–water partition coefficient (Wildman–Crippen LogP) is 4.35. The number of hydrogen-bond donors (Lipinski definition) is 0. The van der Waals surface area contributed by atoms with Crippen molar-refractivity contribution >= 4 is 44.9 Å². The van der Waals surface area contributed by atoms with Gasteiger partial charge in [-0.2, -0.15) is 0 Å². The van der Waals surface area contributed by atoms with Gasteiger partial charge in [-0.05, 0) is 24.6 Å². The molecule has 14 heavy (non-hydrogen) atoms. The first-order chi connectivity index (χ1) is 6.56. The van der Waals surface area contributed by atoms with Crippen LogP contribution >= 0.6 is 39.1 Å². The van der Waals surface area contributed by atoms with Crippen LogP contribution in [0, 0.1) is 0 Å². The predicted molar refractivity (Wildman–Crippen MR) is 63.8 cm³/mol. The largest absolute Gasteiger partial charge is 0.293 e. The van der Waals surface area contributed by atoms with Crippen LogP contribution in [0.1, 0.15) is 23.7 Å². The van der Waals surface area contributed by atoms with Gasteiger partial charge in [-0.25, -0.2) is 0 Å². The van der Waals surface area contributed by atoms with Crippen molar-refractivity contribution < 1.29 is 4.79 Å². The summed E-state index contributed by atoms with van der Waals surface area (Å²) in [5.74, 6) is -0.00540. The van der Waals surface area contributed by atoms with Crippen LogP contribution in [-0.2, 0) is 0 Å². The number of benzene rings is 1. The molecule has 0 unspecified atom stereocenters. The summed E-state index contributed by atoms with van der Waals surface area (Å²) in [6.07, 6.45) is 0.734. The van der Waals surface area contributed by atoms with Gasteiger partial charge in [-0.3, -0.25) is 4.79 Å². The normalized spacial score (nSPS) is 12.6. The lowest BCUT2D eigenvalue weighted by Crippen LogP contribution is -2.13. The highest BCUT2D eigenvalue weighted by atomic mass is 79.9. The lowest BCUT2D eigenvalue weighted by molar-refractivity contribution is 0.0990. The number of carbonyl (C=O) groups is 1. The van der Waals surface area contributed by atoms with Crippen LogP contribution in [0.2, 0.25) is 10.0 Å². The van der Waals surface area contributed by atoms with E-state index in [1.54, 1.807) is 18.2 Å². The Morgan fingerprint density at radius 3 is 2.64 bits per heavy atom. The summed E-state index contributed by atoms with van der Waals surface area (Å²) >= 11 is 14.9. The highest BCUT2D eigenvalue weighted by molar-refractivity contribution is 9.10. The van der Waals surface area contributed by atoms with E-state index in [0.29, 0.717) is 15.6 Å². The van der Waals surface area contributed by atoms with E-state index >= 15 is 0 Å². The molecule has 0 aliphatic carbocycles. The van der Waals surface area contributed by atoms with Crippen LogP contribution in [0.3, 0.4) is 0 Å². The second-order valence-electron chi connectivity index (χ2n) is 2.86. The minimum Gasteiger partial charge on any atom is -0.293 e. The molecule has 0 aliphatic heterocycles. The molecule has 0 amide bonds. The third kappa shape index (κ3) is 2.72. The molecule has 0 saturated carbocycles. The van der Waals surface area contributed by atoms with E-state index < -0.39 is 0 Å². The Kier molecular flexibility index (Phi) is 4.42. The average Bonchev–Trinajstić information content (AvgIpc) is 2.15. The Morgan fingerprint density at radius 1 is 1.50 bits per heavy atom. The van der Waals surface area contributed by atoms with Gasteiger partial charge in [0.1, 0.15) is 0 Å². The molecular weight excluding hydrogens is 287 g/mol. The first kappa shape index (κ1) is 12.0. The highest BCUT2D eigenvalue weighted by Gasteiger charge is 2.17.